The molecule has 1 saturated heterocycles. The van der Waals surface area contributed by atoms with Crippen molar-refractivity contribution in [2.75, 3.05) is 67.5 Å². The van der Waals surface area contributed by atoms with Gasteiger partial charge in [-0.2, -0.15) is 0 Å². The van der Waals surface area contributed by atoms with Gasteiger partial charge in [0.2, 0.25) is 0 Å². The fourth-order valence-corrected chi connectivity index (χ4v) is 2.73. The average Bonchev–Trinajstić information content (AvgIpc) is 2.56. The number of hydrogen-bond acceptors (Lipinski definition) is 4. The van der Waals surface area contributed by atoms with Crippen LogP contribution in [0.1, 0.15) is 5.56 Å². The molecular weight excluding hydrogens is 304 g/mol. The number of hydrogen-bond donors (Lipinski definition) is 0. The number of para-hydroxylation sites is 1. The molecule has 2 amide bonds. The number of nitrogens with zero attached hydrogens (tertiary/aromatic N) is 4. The smallest absolute Gasteiger partial charge is 0.319 e. The second kappa shape index (κ2) is 8.89. The Morgan fingerprint density at radius 2 is 1.75 bits per heavy atom. The number of amides is 2. The maximum Gasteiger partial charge on any atom is 0.319 e. The van der Waals surface area contributed by atoms with Crippen LogP contribution in [0.2, 0.25) is 0 Å². The van der Waals surface area contributed by atoms with Crippen LogP contribution in [0.4, 0.5) is 4.79 Å². The van der Waals surface area contributed by atoms with Crippen LogP contribution in [0.3, 0.4) is 0 Å². The Labute approximate surface area is 145 Å². The largest absolute Gasteiger partial charge is 0.492 e. The highest BCUT2D eigenvalue weighted by atomic mass is 16.5. The number of benzene rings is 1. The van der Waals surface area contributed by atoms with E-state index in [1.807, 2.05) is 31.1 Å². The Balaban J connectivity index is 1.87. The first-order chi connectivity index (χ1) is 11.5. The molecule has 0 spiro atoms. The molecule has 134 valence electrons. The Hall–Kier alpha value is -1.79. The molecule has 6 nitrogen and oxygen atoms in total. The Morgan fingerprint density at radius 1 is 1.08 bits per heavy atom. The number of carbonyl (C=O) groups excluding carboxylic acids is 1. The van der Waals surface area contributed by atoms with Crippen LogP contribution in [0.15, 0.2) is 24.3 Å². The van der Waals surface area contributed by atoms with Crippen LogP contribution < -0.4 is 4.74 Å². The molecule has 1 aliphatic heterocycles. The molecule has 0 aromatic heterocycles. The van der Waals surface area contributed by atoms with Crippen molar-refractivity contribution in [3.05, 3.63) is 29.8 Å². The lowest BCUT2D eigenvalue weighted by Crippen LogP contribution is -2.51. The fourth-order valence-electron chi connectivity index (χ4n) is 2.73. The molecule has 0 bridgehead atoms. The summed E-state index contributed by atoms with van der Waals surface area (Å²) in [7, 11) is 7.69. The quantitative estimate of drug-likeness (QED) is 0.789. The number of carbonyl (C=O) groups is 1. The molecule has 0 N–H and O–H groups in total. The van der Waals surface area contributed by atoms with Gasteiger partial charge in [-0.05, 0) is 20.2 Å². The highest BCUT2D eigenvalue weighted by Gasteiger charge is 2.22. The number of piperazine rings is 1. The molecule has 1 heterocycles. The van der Waals surface area contributed by atoms with E-state index in [4.69, 9.17) is 4.74 Å². The standard InChI is InChI=1S/C18H30N4O2/c1-19(2)13-14-24-17-8-6-5-7-16(17)15-21-9-11-22(12-10-21)18(23)20(3)4/h5-8H,9-15H2,1-4H3. The van der Waals surface area contributed by atoms with E-state index in [1.165, 1.54) is 5.56 Å². The third kappa shape index (κ3) is 5.39. The van der Waals surface area contributed by atoms with Crippen molar-refractivity contribution >= 4 is 6.03 Å². The van der Waals surface area contributed by atoms with E-state index in [9.17, 15) is 4.79 Å². The van der Waals surface area contributed by atoms with Crippen molar-refractivity contribution in [1.82, 2.24) is 19.6 Å². The second-order valence-corrected chi connectivity index (χ2v) is 6.70. The summed E-state index contributed by atoms with van der Waals surface area (Å²) in [5.74, 6) is 0.964. The number of urea groups is 1. The van der Waals surface area contributed by atoms with Gasteiger partial charge in [-0.25, -0.2) is 4.79 Å². The lowest BCUT2D eigenvalue weighted by atomic mass is 10.1. The normalized spacial score (nSPS) is 15.6. The van der Waals surface area contributed by atoms with Crippen LogP contribution in [-0.4, -0.2) is 93.2 Å². The molecule has 0 unspecified atom stereocenters. The van der Waals surface area contributed by atoms with Crippen molar-refractivity contribution < 1.29 is 9.53 Å². The van der Waals surface area contributed by atoms with Gasteiger partial charge < -0.3 is 19.4 Å². The first kappa shape index (κ1) is 18.5. The SMILES string of the molecule is CN(C)CCOc1ccccc1CN1CCN(C(=O)N(C)C)CC1. The fraction of sp³-hybridized carbons (Fsp3) is 0.611. The summed E-state index contributed by atoms with van der Waals surface area (Å²) >= 11 is 0. The van der Waals surface area contributed by atoms with E-state index < -0.39 is 0 Å². The summed E-state index contributed by atoms with van der Waals surface area (Å²) in [5.41, 5.74) is 1.21. The zero-order valence-electron chi connectivity index (χ0n) is 15.4. The van der Waals surface area contributed by atoms with Crippen LogP contribution in [0.25, 0.3) is 0 Å². The summed E-state index contributed by atoms with van der Waals surface area (Å²) in [6, 6.07) is 8.34. The number of rotatable bonds is 6. The maximum absolute atomic E-state index is 12.0. The minimum absolute atomic E-state index is 0.0991. The number of ether oxygens (including phenoxy) is 1. The van der Waals surface area contributed by atoms with Crippen LogP contribution >= 0.6 is 0 Å². The van der Waals surface area contributed by atoms with E-state index in [0.717, 1.165) is 45.0 Å². The molecule has 24 heavy (non-hydrogen) atoms. The summed E-state index contributed by atoms with van der Waals surface area (Å²) < 4.78 is 5.94. The molecule has 0 atom stereocenters. The summed E-state index contributed by atoms with van der Waals surface area (Å²) in [4.78, 5) is 20.1. The van der Waals surface area contributed by atoms with E-state index in [-0.39, 0.29) is 6.03 Å². The van der Waals surface area contributed by atoms with Crippen LogP contribution in [0.5, 0.6) is 5.75 Å². The van der Waals surface area contributed by atoms with Gasteiger partial charge in [0.1, 0.15) is 12.4 Å². The number of likely N-dealkylation sites (N-methyl/N-ethyl adjacent to an activating group) is 1. The van der Waals surface area contributed by atoms with Gasteiger partial charge in [-0.1, -0.05) is 18.2 Å². The van der Waals surface area contributed by atoms with Crippen LogP contribution in [-0.2, 0) is 6.54 Å². The molecule has 0 aliphatic carbocycles. The van der Waals surface area contributed by atoms with Gasteiger partial charge in [0.25, 0.3) is 0 Å². The lowest BCUT2D eigenvalue weighted by molar-refractivity contribution is 0.119. The van der Waals surface area contributed by atoms with Gasteiger partial charge in [-0.3, -0.25) is 4.90 Å². The maximum atomic E-state index is 12.0. The first-order valence-electron chi connectivity index (χ1n) is 8.51. The van der Waals surface area contributed by atoms with E-state index in [2.05, 4.69) is 21.9 Å². The van der Waals surface area contributed by atoms with Crippen molar-refractivity contribution in [3.8, 4) is 5.75 Å². The van der Waals surface area contributed by atoms with Gasteiger partial charge in [0.05, 0.1) is 0 Å². The van der Waals surface area contributed by atoms with Crippen molar-refractivity contribution in [3.63, 3.8) is 0 Å². The Morgan fingerprint density at radius 3 is 2.38 bits per heavy atom. The van der Waals surface area contributed by atoms with E-state index in [1.54, 1.807) is 19.0 Å². The third-order valence-corrected chi connectivity index (χ3v) is 4.19. The topological polar surface area (TPSA) is 39.3 Å². The third-order valence-electron chi connectivity index (χ3n) is 4.19. The summed E-state index contributed by atoms with van der Waals surface area (Å²) in [6.45, 7) is 5.80. The summed E-state index contributed by atoms with van der Waals surface area (Å²) in [5, 5.41) is 0. The lowest BCUT2D eigenvalue weighted by Gasteiger charge is -2.36. The van der Waals surface area contributed by atoms with E-state index in [0.29, 0.717) is 6.61 Å². The van der Waals surface area contributed by atoms with Crippen molar-refractivity contribution in [1.29, 1.82) is 0 Å². The highest BCUT2D eigenvalue weighted by Crippen LogP contribution is 2.20. The zero-order chi connectivity index (χ0) is 17.5. The molecule has 6 heteroatoms. The molecule has 2 rings (SSSR count). The zero-order valence-corrected chi connectivity index (χ0v) is 15.4. The molecule has 1 fully saturated rings. The van der Waals surface area contributed by atoms with E-state index >= 15 is 0 Å². The molecule has 1 aromatic rings. The van der Waals surface area contributed by atoms with Crippen molar-refractivity contribution in [2.45, 2.75) is 6.54 Å². The Kier molecular flexibility index (Phi) is 6.87. The second-order valence-electron chi connectivity index (χ2n) is 6.70. The molecular formula is C18H30N4O2. The minimum atomic E-state index is 0.0991. The van der Waals surface area contributed by atoms with Gasteiger partial charge in [-0.15, -0.1) is 0 Å². The Bertz CT molecular complexity index is 526. The van der Waals surface area contributed by atoms with Gasteiger partial charge in [0.15, 0.2) is 0 Å². The van der Waals surface area contributed by atoms with Crippen molar-refractivity contribution in [2.24, 2.45) is 0 Å². The average molecular weight is 334 g/mol. The molecule has 1 aromatic carbocycles. The first-order valence-corrected chi connectivity index (χ1v) is 8.51. The summed E-state index contributed by atoms with van der Waals surface area (Å²) in [6.07, 6.45) is 0. The molecule has 1 aliphatic rings. The predicted octanol–water partition coefficient (Wildman–Crippen LogP) is 1.43. The molecule has 0 saturated carbocycles. The highest BCUT2D eigenvalue weighted by molar-refractivity contribution is 5.73. The van der Waals surface area contributed by atoms with Crippen LogP contribution in [0, 0.1) is 0 Å². The molecule has 0 radical (unpaired) electrons. The monoisotopic (exact) mass is 334 g/mol. The predicted molar refractivity (Wildman–Crippen MR) is 96.4 cm³/mol. The van der Waals surface area contributed by atoms with Gasteiger partial charge in [0, 0.05) is 58.9 Å². The van der Waals surface area contributed by atoms with Gasteiger partial charge >= 0.3 is 6.03 Å². The minimum Gasteiger partial charge on any atom is -0.492 e.